The van der Waals surface area contributed by atoms with Gasteiger partial charge in [0.15, 0.2) is 0 Å². The summed E-state index contributed by atoms with van der Waals surface area (Å²) in [6.45, 7) is 15.3. The van der Waals surface area contributed by atoms with Gasteiger partial charge < -0.3 is 5.11 Å². The Bertz CT molecular complexity index is 699. The molecule has 0 unspecified atom stereocenters. The number of hydrogen-bond acceptors (Lipinski definition) is 3. The van der Waals surface area contributed by atoms with Gasteiger partial charge in [-0.3, -0.25) is 9.59 Å². The van der Waals surface area contributed by atoms with Gasteiger partial charge in [0.05, 0.1) is 5.69 Å². The SMILES string of the molecule is CC1=C(C)C(=O)N(c2cc(C(C)(C)C)c(O)c(C(C)(C)C)c2)C1=O. The number of phenolic OH excluding ortho intramolecular Hbond substituents is 1. The van der Waals surface area contributed by atoms with E-state index in [1.165, 1.54) is 4.90 Å². The molecule has 4 heteroatoms. The van der Waals surface area contributed by atoms with E-state index in [1.54, 1.807) is 26.0 Å². The van der Waals surface area contributed by atoms with Crippen molar-refractivity contribution in [2.45, 2.75) is 66.2 Å². The van der Waals surface area contributed by atoms with Crippen LogP contribution in [0, 0.1) is 0 Å². The Balaban J connectivity index is 2.74. The standard InChI is InChI=1S/C20H27NO3/c1-11-12(2)18(24)21(17(11)23)13-9-14(19(3,4)5)16(22)15(10-13)20(6,7)8/h9-10,22H,1-8H3. The van der Waals surface area contributed by atoms with E-state index in [0.717, 1.165) is 11.1 Å². The normalized spacial score (nSPS) is 16.4. The first kappa shape index (κ1) is 18.2. The fourth-order valence-corrected chi connectivity index (χ4v) is 2.87. The number of benzene rings is 1. The molecule has 1 aromatic carbocycles. The Morgan fingerprint density at radius 3 is 1.42 bits per heavy atom. The Hall–Kier alpha value is -2.10. The van der Waals surface area contributed by atoms with Crippen LogP contribution in [0.5, 0.6) is 5.75 Å². The molecule has 0 spiro atoms. The van der Waals surface area contributed by atoms with Crippen LogP contribution in [0.4, 0.5) is 5.69 Å². The summed E-state index contributed by atoms with van der Waals surface area (Å²) in [5.41, 5.74) is 2.30. The van der Waals surface area contributed by atoms with Gasteiger partial charge >= 0.3 is 0 Å². The molecule has 24 heavy (non-hydrogen) atoms. The largest absolute Gasteiger partial charge is 0.507 e. The molecule has 1 aliphatic heterocycles. The molecule has 130 valence electrons. The van der Waals surface area contributed by atoms with Crippen molar-refractivity contribution in [3.63, 3.8) is 0 Å². The molecule has 0 saturated carbocycles. The summed E-state index contributed by atoms with van der Waals surface area (Å²) in [6.07, 6.45) is 0. The molecule has 1 N–H and O–H groups in total. The van der Waals surface area contributed by atoms with Crippen molar-refractivity contribution in [2.24, 2.45) is 0 Å². The minimum atomic E-state index is -0.316. The molecule has 1 aromatic rings. The van der Waals surface area contributed by atoms with Crippen molar-refractivity contribution in [3.8, 4) is 5.75 Å². The number of rotatable bonds is 1. The highest BCUT2D eigenvalue weighted by molar-refractivity contribution is 6.32. The number of anilines is 1. The lowest BCUT2D eigenvalue weighted by atomic mass is 9.79. The Morgan fingerprint density at radius 2 is 1.12 bits per heavy atom. The van der Waals surface area contributed by atoms with Crippen LogP contribution < -0.4 is 4.90 Å². The monoisotopic (exact) mass is 329 g/mol. The second-order valence-electron chi connectivity index (χ2n) is 8.59. The van der Waals surface area contributed by atoms with Crippen LogP contribution in [0.3, 0.4) is 0 Å². The van der Waals surface area contributed by atoms with Crippen LogP contribution >= 0.6 is 0 Å². The molecular weight excluding hydrogens is 302 g/mol. The average Bonchev–Trinajstić information content (AvgIpc) is 2.61. The van der Waals surface area contributed by atoms with Gasteiger partial charge in [0.2, 0.25) is 0 Å². The number of phenols is 1. The highest BCUT2D eigenvalue weighted by Gasteiger charge is 2.36. The quantitative estimate of drug-likeness (QED) is 0.786. The lowest BCUT2D eigenvalue weighted by Gasteiger charge is -2.29. The van der Waals surface area contributed by atoms with Crippen molar-refractivity contribution >= 4 is 17.5 Å². The van der Waals surface area contributed by atoms with Crippen molar-refractivity contribution in [1.29, 1.82) is 0 Å². The van der Waals surface area contributed by atoms with Gasteiger partial charge in [0, 0.05) is 22.3 Å². The number of imide groups is 1. The van der Waals surface area contributed by atoms with Gasteiger partial charge in [0.25, 0.3) is 11.8 Å². The van der Waals surface area contributed by atoms with Gasteiger partial charge in [-0.25, -0.2) is 4.90 Å². The van der Waals surface area contributed by atoms with Crippen molar-refractivity contribution in [2.75, 3.05) is 4.90 Å². The van der Waals surface area contributed by atoms with Crippen molar-refractivity contribution in [3.05, 3.63) is 34.4 Å². The second-order valence-corrected chi connectivity index (χ2v) is 8.59. The third-order valence-electron chi connectivity index (χ3n) is 4.58. The van der Waals surface area contributed by atoms with Crippen molar-refractivity contribution < 1.29 is 14.7 Å². The highest BCUT2D eigenvalue weighted by Crippen LogP contribution is 2.42. The van der Waals surface area contributed by atoms with E-state index in [1.807, 2.05) is 41.5 Å². The summed E-state index contributed by atoms with van der Waals surface area (Å²) in [6, 6.07) is 3.51. The van der Waals surface area contributed by atoms with Gasteiger partial charge in [0.1, 0.15) is 5.75 Å². The summed E-state index contributed by atoms with van der Waals surface area (Å²) in [4.78, 5) is 26.3. The molecule has 0 aliphatic carbocycles. The number of amides is 2. The molecule has 0 radical (unpaired) electrons. The van der Waals surface area contributed by atoms with Crippen LogP contribution in [0.1, 0.15) is 66.5 Å². The van der Waals surface area contributed by atoms with Crippen LogP contribution in [0.25, 0.3) is 0 Å². The molecule has 2 amide bonds. The lowest BCUT2D eigenvalue weighted by Crippen LogP contribution is -2.32. The van der Waals surface area contributed by atoms with Gasteiger partial charge in [-0.15, -0.1) is 0 Å². The Kier molecular flexibility index (Phi) is 4.16. The number of carbonyl (C=O) groups is 2. The third-order valence-corrected chi connectivity index (χ3v) is 4.58. The molecule has 1 heterocycles. The molecular formula is C20H27NO3. The molecule has 0 fully saturated rings. The van der Waals surface area contributed by atoms with Crippen LogP contribution in [-0.2, 0) is 20.4 Å². The average molecular weight is 329 g/mol. The Labute approximate surface area is 144 Å². The van der Waals surface area contributed by atoms with Crippen molar-refractivity contribution in [1.82, 2.24) is 0 Å². The van der Waals surface area contributed by atoms with E-state index in [-0.39, 0.29) is 28.4 Å². The first-order chi connectivity index (χ1) is 10.8. The second kappa shape index (κ2) is 5.47. The minimum Gasteiger partial charge on any atom is -0.507 e. The van der Waals surface area contributed by atoms with Gasteiger partial charge in [-0.05, 0) is 36.8 Å². The zero-order valence-corrected chi connectivity index (χ0v) is 15.9. The predicted molar refractivity (Wildman–Crippen MR) is 96.4 cm³/mol. The van der Waals surface area contributed by atoms with E-state index >= 15 is 0 Å². The van der Waals surface area contributed by atoms with E-state index in [9.17, 15) is 14.7 Å². The smallest absolute Gasteiger partial charge is 0.261 e. The third kappa shape index (κ3) is 2.85. The van der Waals surface area contributed by atoms with Gasteiger partial charge in [-0.2, -0.15) is 0 Å². The minimum absolute atomic E-state index is 0.235. The van der Waals surface area contributed by atoms with E-state index in [4.69, 9.17) is 0 Å². The van der Waals surface area contributed by atoms with Gasteiger partial charge in [-0.1, -0.05) is 41.5 Å². The summed E-state index contributed by atoms with van der Waals surface area (Å²) in [5.74, 6) is -0.343. The molecule has 0 bridgehead atoms. The molecule has 0 aromatic heterocycles. The zero-order chi connectivity index (χ0) is 18.6. The van der Waals surface area contributed by atoms with Crippen LogP contribution in [-0.4, -0.2) is 16.9 Å². The lowest BCUT2D eigenvalue weighted by molar-refractivity contribution is -0.120. The maximum atomic E-state index is 12.5. The summed E-state index contributed by atoms with van der Waals surface area (Å²) >= 11 is 0. The maximum absolute atomic E-state index is 12.5. The summed E-state index contributed by atoms with van der Waals surface area (Å²) in [5, 5.41) is 10.8. The summed E-state index contributed by atoms with van der Waals surface area (Å²) < 4.78 is 0. The van der Waals surface area contributed by atoms with Crippen LogP contribution in [0.15, 0.2) is 23.3 Å². The number of hydrogen-bond donors (Lipinski definition) is 1. The summed E-state index contributed by atoms with van der Waals surface area (Å²) in [7, 11) is 0. The number of nitrogens with zero attached hydrogens (tertiary/aromatic N) is 1. The van der Waals surface area contributed by atoms with E-state index in [2.05, 4.69) is 0 Å². The number of carbonyl (C=O) groups excluding carboxylic acids is 2. The molecule has 2 rings (SSSR count). The molecule has 0 atom stereocenters. The fraction of sp³-hybridized carbons (Fsp3) is 0.500. The molecule has 1 aliphatic rings. The van der Waals surface area contributed by atoms with Crippen LogP contribution in [0.2, 0.25) is 0 Å². The molecule has 4 nitrogen and oxygen atoms in total. The molecule has 0 saturated heterocycles. The first-order valence-electron chi connectivity index (χ1n) is 8.21. The first-order valence-corrected chi connectivity index (χ1v) is 8.21. The van der Waals surface area contributed by atoms with E-state index in [0.29, 0.717) is 16.8 Å². The van der Waals surface area contributed by atoms with E-state index < -0.39 is 0 Å². The Morgan fingerprint density at radius 1 is 0.792 bits per heavy atom. The zero-order valence-electron chi connectivity index (χ0n) is 15.9. The fourth-order valence-electron chi connectivity index (χ4n) is 2.87. The number of aromatic hydroxyl groups is 1. The highest BCUT2D eigenvalue weighted by atomic mass is 16.3. The predicted octanol–water partition coefficient (Wildman–Crippen LogP) is 4.20. The topological polar surface area (TPSA) is 57.6 Å². The maximum Gasteiger partial charge on any atom is 0.261 e.